The molecular weight excluding hydrogens is 320 g/mol. The molecule has 3 rings (SSSR count). The van der Waals surface area contributed by atoms with Gasteiger partial charge >= 0.3 is 0 Å². The van der Waals surface area contributed by atoms with Crippen molar-refractivity contribution in [2.45, 2.75) is 19.8 Å². The van der Waals surface area contributed by atoms with Gasteiger partial charge in [-0.3, -0.25) is 9.59 Å². The molecule has 2 amide bonds. The van der Waals surface area contributed by atoms with Crippen molar-refractivity contribution in [3.05, 3.63) is 45.1 Å². The molecule has 114 valence electrons. The average Bonchev–Trinajstić information content (AvgIpc) is 2.94. The Balaban J connectivity index is 1.82. The molecule has 1 aromatic heterocycles. The molecule has 0 spiro atoms. The second kappa shape index (κ2) is 6.10. The SMILES string of the molecule is CCN1C(=O)CCc2cc(NC(=O)c3ccc(Cl)s3)ccc21. The first-order chi connectivity index (χ1) is 10.6. The highest BCUT2D eigenvalue weighted by molar-refractivity contribution is 7.18. The molecule has 1 N–H and O–H groups in total. The number of thiophene rings is 1. The van der Waals surface area contributed by atoms with E-state index < -0.39 is 0 Å². The topological polar surface area (TPSA) is 49.4 Å². The summed E-state index contributed by atoms with van der Waals surface area (Å²) in [7, 11) is 0. The largest absolute Gasteiger partial charge is 0.321 e. The maximum absolute atomic E-state index is 12.1. The van der Waals surface area contributed by atoms with Crippen LogP contribution in [0.3, 0.4) is 0 Å². The quantitative estimate of drug-likeness (QED) is 0.923. The van der Waals surface area contributed by atoms with Crippen molar-refractivity contribution in [1.29, 1.82) is 0 Å². The summed E-state index contributed by atoms with van der Waals surface area (Å²) in [6.45, 7) is 2.62. The van der Waals surface area contributed by atoms with Crippen LogP contribution in [0.15, 0.2) is 30.3 Å². The van der Waals surface area contributed by atoms with Gasteiger partial charge < -0.3 is 10.2 Å². The van der Waals surface area contributed by atoms with Crippen LogP contribution in [0, 0.1) is 0 Å². The molecule has 0 atom stereocenters. The molecule has 4 nitrogen and oxygen atoms in total. The predicted octanol–water partition coefficient (Wildman–Crippen LogP) is 3.95. The number of anilines is 2. The molecule has 0 aliphatic carbocycles. The molecular formula is C16H15ClN2O2S. The van der Waals surface area contributed by atoms with Crippen LogP contribution in [0.5, 0.6) is 0 Å². The third kappa shape index (κ3) is 2.87. The van der Waals surface area contributed by atoms with E-state index >= 15 is 0 Å². The van der Waals surface area contributed by atoms with Gasteiger partial charge in [0.25, 0.3) is 5.91 Å². The lowest BCUT2D eigenvalue weighted by Gasteiger charge is -2.28. The van der Waals surface area contributed by atoms with E-state index in [2.05, 4.69) is 5.32 Å². The Morgan fingerprint density at radius 1 is 1.32 bits per heavy atom. The zero-order chi connectivity index (χ0) is 15.7. The van der Waals surface area contributed by atoms with Gasteiger partial charge in [0, 0.05) is 24.3 Å². The van der Waals surface area contributed by atoms with Gasteiger partial charge in [-0.2, -0.15) is 0 Å². The smallest absolute Gasteiger partial charge is 0.265 e. The van der Waals surface area contributed by atoms with E-state index in [9.17, 15) is 9.59 Å². The number of halogens is 1. The Morgan fingerprint density at radius 3 is 2.82 bits per heavy atom. The third-order valence-corrected chi connectivity index (χ3v) is 4.88. The highest BCUT2D eigenvalue weighted by atomic mass is 35.5. The predicted molar refractivity (Wildman–Crippen MR) is 90.1 cm³/mol. The van der Waals surface area contributed by atoms with Gasteiger partial charge in [-0.1, -0.05) is 11.6 Å². The number of hydrogen-bond donors (Lipinski definition) is 1. The number of nitrogens with zero attached hydrogens (tertiary/aromatic N) is 1. The number of fused-ring (bicyclic) bond motifs is 1. The molecule has 0 saturated heterocycles. The lowest BCUT2D eigenvalue weighted by Crippen LogP contribution is -2.34. The van der Waals surface area contributed by atoms with Crippen molar-refractivity contribution in [1.82, 2.24) is 0 Å². The van der Waals surface area contributed by atoms with Crippen molar-refractivity contribution in [2.75, 3.05) is 16.8 Å². The number of aryl methyl sites for hydroxylation is 1. The van der Waals surface area contributed by atoms with E-state index in [1.807, 2.05) is 25.1 Å². The van der Waals surface area contributed by atoms with Gasteiger partial charge in [0.15, 0.2) is 0 Å². The summed E-state index contributed by atoms with van der Waals surface area (Å²) in [4.78, 5) is 26.4. The van der Waals surface area contributed by atoms with Crippen molar-refractivity contribution in [2.24, 2.45) is 0 Å². The standard InChI is InChI=1S/C16H15ClN2O2S/c1-2-19-12-5-4-11(9-10(12)3-8-15(19)20)18-16(21)13-6-7-14(17)22-13/h4-7,9H,2-3,8H2,1H3,(H,18,21). The van der Waals surface area contributed by atoms with Crippen molar-refractivity contribution in [3.8, 4) is 0 Å². The van der Waals surface area contributed by atoms with Crippen LogP contribution in [-0.4, -0.2) is 18.4 Å². The first-order valence-electron chi connectivity index (χ1n) is 7.08. The zero-order valence-electron chi connectivity index (χ0n) is 12.1. The number of carbonyl (C=O) groups excluding carboxylic acids is 2. The summed E-state index contributed by atoms with van der Waals surface area (Å²) < 4.78 is 0.590. The summed E-state index contributed by atoms with van der Waals surface area (Å²) in [5.74, 6) is -0.0175. The second-order valence-corrected chi connectivity index (χ2v) is 6.75. The second-order valence-electron chi connectivity index (χ2n) is 5.04. The summed E-state index contributed by atoms with van der Waals surface area (Å²) >= 11 is 7.10. The van der Waals surface area contributed by atoms with Crippen LogP contribution in [0.25, 0.3) is 0 Å². The van der Waals surface area contributed by atoms with E-state index in [1.165, 1.54) is 11.3 Å². The van der Waals surface area contributed by atoms with E-state index in [-0.39, 0.29) is 11.8 Å². The highest BCUT2D eigenvalue weighted by Gasteiger charge is 2.23. The van der Waals surface area contributed by atoms with Crippen LogP contribution in [0.4, 0.5) is 11.4 Å². The summed E-state index contributed by atoms with van der Waals surface area (Å²) in [5.41, 5.74) is 2.76. The minimum atomic E-state index is -0.170. The fourth-order valence-electron chi connectivity index (χ4n) is 2.61. The molecule has 0 unspecified atom stereocenters. The van der Waals surface area contributed by atoms with Gasteiger partial charge in [0.2, 0.25) is 5.91 Å². The molecule has 2 aromatic rings. The van der Waals surface area contributed by atoms with Gasteiger partial charge in [-0.15, -0.1) is 11.3 Å². The Bertz CT molecular complexity index is 741. The lowest BCUT2D eigenvalue weighted by atomic mass is 10.0. The molecule has 22 heavy (non-hydrogen) atoms. The van der Waals surface area contributed by atoms with E-state index in [0.717, 1.165) is 16.9 Å². The van der Waals surface area contributed by atoms with Crippen LogP contribution in [0.1, 0.15) is 28.6 Å². The number of benzene rings is 1. The maximum atomic E-state index is 12.1. The number of carbonyl (C=O) groups is 2. The molecule has 2 heterocycles. The van der Waals surface area contributed by atoms with Crippen LogP contribution in [-0.2, 0) is 11.2 Å². The average molecular weight is 335 g/mol. The molecule has 1 aliphatic heterocycles. The third-order valence-electron chi connectivity index (χ3n) is 3.65. The Morgan fingerprint density at radius 2 is 2.14 bits per heavy atom. The van der Waals surface area contributed by atoms with Gasteiger partial charge in [0.05, 0.1) is 9.21 Å². The molecule has 0 fully saturated rings. The van der Waals surface area contributed by atoms with Gasteiger partial charge in [-0.25, -0.2) is 0 Å². The maximum Gasteiger partial charge on any atom is 0.265 e. The first-order valence-corrected chi connectivity index (χ1v) is 8.28. The van der Waals surface area contributed by atoms with E-state index in [0.29, 0.717) is 28.6 Å². The Kier molecular flexibility index (Phi) is 4.18. The van der Waals surface area contributed by atoms with E-state index in [4.69, 9.17) is 11.6 Å². The van der Waals surface area contributed by atoms with E-state index in [1.54, 1.807) is 17.0 Å². The lowest BCUT2D eigenvalue weighted by molar-refractivity contribution is -0.118. The highest BCUT2D eigenvalue weighted by Crippen LogP contribution is 2.30. The number of amides is 2. The molecule has 1 aromatic carbocycles. The Labute approximate surface area is 137 Å². The van der Waals surface area contributed by atoms with Gasteiger partial charge in [0.1, 0.15) is 0 Å². The number of nitrogens with one attached hydrogen (secondary N) is 1. The number of rotatable bonds is 3. The van der Waals surface area contributed by atoms with Crippen LogP contribution in [0.2, 0.25) is 4.34 Å². The monoisotopic (exact) mass is 334 g/mol. The first kappa shape index (κ1) is 15.1. The summed E-state index contributed by atoms with van der Waals surface area (Å²) in [6.07, 6.45) is 1.22. The minimum absolute atomic E-state index is 0.153. The molecule has 0 bridgehead atoms. The summed E-state index contributed by atoms with van der Waals surface area (Å²) in [6, 6.07) is 9.08. The van der Waals surface area contributed by atoms with Crippen molar-refractivity contribution < 1.29 is 9.59 Å². The fraction of sp³-hybridized carbons (Fsp3) is 0.250. The summed E-state index contributed by atoms with van der Waals surface area (Å²) in [5, 5.41) is 2.88. The van der Waals surface area contributed by atoms with Crippen LogP contribution < -0.4 is 10.2 Å². The van der Waals surface area contributed by atoms with Crippen molar-refractivity contribution >= 4 is 46.1 Å². The molecule has 1 aliphatic rings. The number of hydrogen-bond acceptors (Lipinski definition) is 3. The molecule has 6 heteroatoms. The minimum Gasteiger partial charge on any atom is -0.321 e. The molecule has 0 saturated carbocycles. The van der Waals surface area contributed by atoms with Gasteiger partial charge in [-0.05, 0) is 49.2 Å². The van der Waals surface area contributed by atoms with Crippen LogP contribution >= 0.6 is 22.9 Å². The zero-order valence-corrected chi connectivity index (χ0v) is 13.6. The Hall–Kier alpha value is -1.85. The van der Waals surface area contributed by atoms with Crippen molar-refractivity contribution in [3.63, 3.8) is 0 Å². The normalized spacial score (nSPS) is 13.9. The molecule has 0 radical (unpaired) electrons. The fourth-order valence-corrected chi connectivity index (χ4v) is 3.55.